The maximum Gasteiger partial charge on any atom is 0.287 e. The van der Waals surface area contributed by atoms with Crippen LogP contribution in [0.1, 0.15) is 42.7 Å². The Bertz CT molecular complexity index is 728. The van der Waals surface area contributed by atoms with Crippen LogP contribution in [0.15, 0.2) is 47.1 Å². The number of amides is 1. The maximum atomic E-state index is 12.3. The second kappa shape index (κ2) is 6.05. The van der Waals surface area contributed by atoms with Crippen molar-refractivity contribution in [3.63, 3.8) is 0 Å². The quantitative estimate of drug-likeness (QED) is 0.754. The molecule has 0 fully saturated rings. The van der Waals surface area contributed by atoms with Gasteiger partial charge < -0.3 is 14.7 Å². The SMILES string of the molecule is CC[C@H](C)[C@H](NC(=O)c1ccco1)c1nc2ccccc2[nH]1. The second-order valence-corrected chi connectivity index (χ2v) is 5.45. The molecule has 114 valence electrons. The van der Waals surface area contributed by atoms with Gasteiger partial charge in [-0.25, -0.2) is 4.98 Å². The summed E-state index contributed by atoms with van der Waals surface area (Å²) in [5.41, 5.74) is 1.87. The molecule has 2 N–H and O–H groups in total. The number of carbonyl (C=O) groups is 1. The fourth-order valence-corrected chi connectivity index (χ4v) is 2.46. The summed E-state index contributed by atoms with van der Waals surface area (Å²) in [5, 5.41) is 3.02. The van der Waals surface area contributed by atoms with E-state index in [4.69, 9.17) is 4.42 Å². The minimum Gasteiger partial charge on any atom is -0.459 e. The Labute approximate surface area is 128 Å². The van der Waals surface area contributed by atoms with Gasteiger partial charge >= 0.3 is 0 Å². The van der Waals surface area contributed by atoms with Crippen molar-refractivity contribution in [3.05, 3.63) is 54.2 Å². The molecule has 0 spiro atoms. The van der Waals surface area contributed by atoms with Crippen molar-refractivity contribution in [2.75, 3.05) is 0 Å². The van der Waals surface area contributed by atoms with E-state index < -0.39 is 0 Å². The van der Waals surface area contributed by atoms with E-state index in [1.54, 1.807) is 12.1 Å². The van der Waals surface area contributed by atoms with Gasteiger partial charge in [-0.2, -0.15) is 0 Å². The molecule has 0 unspecified atom stereocenters. The van der Waals surface area contributed by atoms with Gasteiger partial charge in [0.2, 0.25) is 0 Å². The molecule has 5 heteroatoms. The summed E-state index contributed by atoms with van der Waals surface area (Å²) in [6.07, 6.45) is 2.43. The molecule has 2 heterocycles. The fraction of sp³-hybridized carbons (Fsp3) is 0.294. The van der Waals surface area contributed by atoms with Crippen molar-refractivity contribution in [2.45, 2.75) is 26.3 Å². The third-order valence-corrected chi connectivity index (χ3v) is 3.95. The smallest absolute Gasteiger partial charge is 0.287 e. The molecule has 1 amide bonds. The summed E-state index contributed by atoms with van der Waals surface area (Å²) in [7, 11) is 0. The topological polar surface area (TPSA) is 70.9 Å². The Morgan fingerprint density at radius 3 is 2.82 bits per heavy atom. The van der Waals surface area contributed by atoms with E-state index in [9.17, 15) is 4.79 Å². The normalized spacial score (nSPS) is 13.9. The number of hydrogen-bond donors (Lipinski definition) is 2. The van der Waals surface area contributed by atoms with Crippen LogP contribution in [-0.4, -0.2) is 15.9 Å². The zero-order valence-corrected chi connectivity index (χ0v) is 12.7. The van der Waals surface area contributed by atoms with Gasteiger partial charge in [0.05, 0.1) is 23.3 Å². The number of furan rings is 1. The van der Waals surface area contributed by atoms with Crippen molar-refractivity contribution < 1.29 is 9.21 Å². The lowest BCUT2D eigenvalue weighted by atomic mass is 9.98. The Balaban J connectivity index is 1.90. The van der Waals surface area contributed by atoms with E-state index in [1.807, 2.05) is 24.3 Å². The van der Waals surface area contributed by atoms with Crippen molar-refractivity contribution in [1.29, 1.82) is 0 Å². The van der Waals surface area contributed by atoms with Crippen LogP contribution in [0.4, 0.5) is 0 Å². The van der Waals surface area contributed by atoms with Crippen LogP contribution in [0.2, 0.25) is 0 Å². The van der Waals surface area contributed by atoms with Crippen molar-refractivity contribution in [3.8, 4) is 0 Å². The molecule has 2 atom stereocenters. The van der Waals surface area contributed by atoms with E-state index in [-0.39, 0.29) is 17.9 Å². The zero-order chi connectivity index (χ0) is 15.5. The minimum atomic E-state index is -0.226. The van der Waals surface area contributed by atoms with Crippen molar-refractivity contribution >= 4 is 16.9 Å². The van der Waals surface area contributed by atoms with Gasteiger partial charge in [0, 0.05) is 0 Å². The third kappa shape index (κ3) is 2.74. The molecular weight excluding hydrogens is 278 g/mol. The van der Waals surface area contributed by atoms with Crippen LogP contribution in [0.5, 0.6) is 0 Å². The van der Waals surface area contributed by atoms with Gasteiger partial charge in [-0.3, -0.25) is 4.79 Å². The number of hydrogen-bond acceptors (Lipinski definition) is 3. The van der Waals surface area contributed by atoms with E-state index in [2.05, 4.69) is 29.1 Å². The number of nitrogens with one attached hydrogen (secondary N) is 2. The minimum absolute atomic E-state index is 0.185. The van der Waals surface area contributed by atoms with Crippen LogP contribution in [0.3, 0.4) is 0 Å². The highest BCUT2D eigenvalue weighted by atomic mass is 16.3. The molecule has 0 radical (unpaired) electrons. The number of fused-ring (bicyclic) bond motifs is 1. The molecule has 22 heavy (non-hydrogen) atoms. The monoisotopic (exact) mass is 297 g/mol. The largest absolute Gasteiger partial charge is 0.459 e. The number of carbonyl (C=O) groups excluding carboxylic acids is 1. The molecule has 0 aliphatic rings. The fourth-order valence-electron chi connectivity index (χ4n) is 2.46. The molecular formula is C17H19N3O2. The van der Waals surface area contributed by atoms with Gasteiger partial charge in [-0.15, -0.1) is 0 Å². The lowest BCUT2D eigenvalue weighted by molar-refractivity contribution is 0.0892. The first-order valence-corrected chi connectivity index (χ1v) is 7.48. The molecule has 3 aromatic rings. The molecule has 0 saturated carbocycles. The van der Waals surface area contributed by atoms with Crippen LogP contribution >= 0.6 is 0 Å². The highest BCUT2D eigenvalue weighted by Gasteiger charge is 2.24. The Morgan fingerprint density at radius 2 is 2.14 bits per heavy atom. The summed E-state index contributed by atoms with van der Waals surface area (Å²) in [6.45, 7) is 4.19. The second-order valence-electron chi connectivity index (χ2n) is 5.45. The van der Waals surface area contributed by atoms with E-state index in [0.29, 0.717) is 5.76 Å². The molecule has 0 aliphatic heterocycles. The summed E-state index contributed by atoms with van der Waals surface area (Å²) >= 11 is 0. The standard InChI is InChI=1S/C17H19N3O2/c1-3-11(2)15(20-17(21)14-9-6-10-22-14)16-18-12-7-4-5-8-13(12)19-16/h4-11,15H,3H2,1-2H3,(H,18,19)(H,20,21)/t11-,15-/m0/s1. The molecule has 3 rings (SSSR count). The average molecular weight is 297 g/mol. The van der Waals surface area contributed by atoms with E-state index in [1.165, 1.54) is 6.26 Å². The van der Waals surface area contributed by atoms with Gasteiger partial charge in [-0.05, 0) is 30.2 Å². The Hall–Kier alpha value is -2.56. The molecule has 0 saturated heterocycles. The summed E-state index contributed by atoms with van der Waals surface area (Å²) in [6, 6.07) is 11.0. The summed E-state index contributed by atoms with van der Waals surface area (Å²) in [4.78, 5) is 20.2. The Kier molecular flexibility index (Phi) is 3.96. The van der Waals surface area contributed by atoms with Crippen LogP contribution in [0, 0.1) is 5.92 Å². The number of rotatable bonds is 5. The lowest BCUT2D eigenvalue weighted by Gasteiger charge is -2.21. The van der Waals surface area contributed by atoms with Gasteiger partial charge in [0.15, 0.2) is 5.76 Å². The molecule has 0 aliphatic carbocycles. The number of aromatic nitrogens is 2. The highest BCUT2D eigenvalue weighted by molar-refractivity contribution is 5.91. The van der Waals surface area contributed by atoms with Gasteiger partial charge in [-0.1, -0.05) is 32.4 Å². The summed E-state index contributed by atoms with van der Waals surface area (Å²) < 4.78 is 5.16. The number of para-hydroxylation sites is 2. The van der Waals surface area contributed by atoms with Crippen LogP contribution in [-0.2, 0) is 0 Å². The number of nitrogens with zero attached hydrogens (tertiary/aromatic N) is 1. The zero-order valence-electron chi connectivity index (χ0n) is 12.7. The highest BCUT2D eigenvalue weighted by Crippen LogP contribution is 2.25. The summed E-state index contributed by atoms with van der Waals surface area (Å²) in [5.74, 6) is 1.11. The predicted molar refractivity (Wildman–Crippen MR) is 84.5 cm³/mol. The maximum absolute atomic E-state index is 12.3. The Morgan fingerprint density at radius 1 is 1.32 bits per heavy atom. The first kappa shape index (κ1) is 14.4. The van der Waals surface area contributed by atoms with Crippen molar-refractivity contribution in [2.24, 2.45) is 5.92 Å². The lowest BCUT2D eigenvalue weighted by Crippen LogP contribution is -2.33. The predicted octanol–water partition coefficient (Wildman–Crippen LogP) is 3.67. The van der Waals surface area contributed by atoms with Gasteiger partial charge in [0.25, 0.3) is 5.91 Å². The molecule has 0 bridgehead atoms. The van der Waals surface area contributed by atoms with E-state index in [0.717, 1.165) is 23.3 Å². The van der Waals surface area contributed by atoms with Crippen LogP contribution in [0.25, 0.3) is 11.0 Å². The van der Waals surface area contributed by atoms with E-state index >= 15 is 0 Å². The number of imidazole rings is 1. The molecule has 2 aromatic heterocycles. The third-order valence-electron chi connectivity index (χ3n) is 3.95. The van der Waals surface area contributed by atoms with Crippen molar-refractivity contribution in [1.82, 2.24) is 15.3 Å². The number of H-pyrrole nitrogens is 1. The first-order chi connectivity index (χ1) is 10.7. The van der Waals surface area contributed by atoms with Gasteiger partial charge in [0.1, 0.15) is 5.82 Å². The first-order valence-electron chi connectivity index (χ1n) is 7.48. The number of aromatic amines is 1. The number of benzene rings is 1. The average Bonchev–Trinajstić information content (AvgIpc) is 3.20. The molecule has 5 nitrogen and oxygen atoms in total. The molecule has 1 aromatic carbocycles. The van der Waals surface area contributed by atoms with Crippen LogP contribution < -0.4 is 5.32 Å².